The quantitative estimate of drug-likeness (QED) is 0.896. The monoisotopic (exact) mass is 314 g/mol. The van der Waals surface area contributed by atoms with Crippen LogP contribution in [0, 0.1) is 0 Å². The molecule has 1 aromatic carbocycles. The van der Waals surface area contributed by atoms with Gasteiger partial charge in [-0.25, -0.2) is 4.79 Å². The summed E-state index contributed by atoms with van der Waals surface area (Å²) in [5.41, 5.74) is 1.20. The number of para-hydroxylation sites is 1. The fourth-order valence-electron chi connectivity index (χ4n) is 2.92. The van der Waals surface area contributed by atoms with Crippen LogP contribution in [-0.4, -0.2) is 39.9 Å². The SMILES string of the molecule is CC(NC(=O)NC1CCN(c2ccccc2)C1)c1nncn1C. The van der Waals surface area contributed by atoms with Gasteiger partial charge in [0.05, 0.1) is 6.04 Å². The van der Waals surface area contributed by atoms with Crippen molar-refractivity contribution in [2.75, 3.05) is 18.0 Å². The molecule has 1 aliphatic heterocycles. The highest BCUT2D eigenvalue weighted by Crippen LogP contribution is 2.19. The Labute approximate surface area is 135 Å². The normalized spacial score (nSPS) is 18.7. The van der Waals surface area contributed by atoms with E-state index in [1.54, 1.807) is 10.9 Å². The highest BCUT2D eigenvalue weighted by Gasteiger charge is 2.24. The topological polar surface area (TPSA) is 75.1 Å². The minimum Gasteiger partial charge on any atom is -0.369 e. The van der Waals surface area contributed by atoms with Crippen molar-refractivity contribution in [1.29, 1.82) is 0 Å². The van der Waals surface area contributed by atoms with Crippen molar-refractivity contribution < 1.29 is 4.79 Å². The zero-order valence-corrected chi connectivity index (χ0v) is 13.4. The number of nitrogens with zero attached hydrogens (tertiary/aromatic N) is 4. The standard InChI is InChI=1S/C16H22N6O/c1-12(15-20-17-11-21(15)2)18-16(23)19-13-8-9-22(10-13)14-6-4-3-5-7-14/h3-7,11-13H,8-10H2,1-2H3,(H2,18,19,23). The minimum atomic E-state index is -0.186. The summed E-state index contributed by atoms with van der Waals surface area (Å²) in [6.45, 7) is 3.68. The number of urea groups is 1. The van der Waals surface area contributed by atoms with Gasteiger partial charge in [0.25, 0.3) is 0 Å². The largest absolute Gasteiger partial charge is 0.369 e. The summed E-state index contributed by atoms with van der Waals surface area (Å²) in [7, 11) is 1.86. The number of aromatic nitrogens is 3. The number of hydrogen-bond acceptors (Lipinski definition) is 4. The number of carbonyl (C=O) groups excluding carboxylic acids is 1. The fourth-order valence-corrected chi connectivity index (χ4v) is 2.92. The number of benzene rings is 1. The Hall–Kier alpha value is -2.57. The van der Waals surface area contributed by atoms with Gasteiger partial charge in [0.1, 0.15) is 6.33 Å². The van der Waals surface area contributed by atoms with Crippen LogP contribution in [0.1, 0.15) is 25.2 Å². The predicted octanol–water partition coefficient (Wildman–Crippen LogP) is 1.45. The molecule has 0 spiro atoms. The summed E-state index contributed by atoms with van der Waals surface area (Å²) in [6.07, 6.45) is 2.57. The molecule has 7 heteroatoms. The van der Waals surface area contributed by atoms with Gasteiger partial charge in [-0.05, 0) is 25.5 Å². The van der Waals surface area contributed by atoms with Gasteiger partial charge in [0.2, 0.25) is 0 Å². The van der Waals surface area contributed by atoms with Gasteiger partial charge < -0.3 is 20.1 Å². The molecule has 7 nitrogen and oxygen atoms in total. The van der Waals surface area contributed by atoms with E-state index in [-0.39, 0.29) is 18.1 Å². The molecule has 23 heavy (non-hydrogen) atoms. The first-order valence-electron chi connectivity index (χ1n) is 7.84. The lowest BCUT2D eigenvalue weighted by Gasteiger charge is -2.20. The lowest BCUT2D eigenvalue weighted by Crippen LogP contribution is -2.44. The second-order valence-corrected chi connectivity index (χ2v) is 5.91. The summed E-state index contributed by atoms with van der Waals surface area (Å²) in [5.74, 6) is 0.734. The summed E-state index contributed by atoms with van der Waals surface area (Å²) in [5, 5.41) is 13.8. The van der Waals surface area contributed by atoms with Crippen molar-refractivity contribution in [1.82, 2.24) is 25.4 Å². The molecule has 1 saturated heterocycles. The number of anilines is 1. The summed E-state index contributed by atoms with van der Waals surface area (Å²) < 4.78 is 1.80. The average molecular weight is 314 g/mol. The molecule has 2 unspecified atom stereocenters. The molecule has 0 saturated carbocycles. The molecule has 1 aromatic heterocycles. The second-order valence-electron chi connectivity index (χ2n) is 5.91. The molecule has 3 rings (SSSR count). The average Bonchev–Trinajstić information content (AvgIpc) is 3.17. The molecule has 1 fully saturated rings. The van der Waals surface area contributed by atoms with Crippen molar-refractivity contribution in [3.63, 3.8) is 0 Å². The van der Waals surface area contributed by atoms with E-state index in [4.69, 9.17) is 0 Å². The summed E-state index contributed by atoms with van der Waals surface area (Å²) in [4.78, 5) is 14.4. The van der Waals surface area contributed by atoms with Gasteiger partial charge >= 0.3 is 6.03 Å². The molecule has 2 amide bonds. The Balaban J connectivity index is 1.50. The Bertz CT molecular complexity index is 656. The van der Waals surface area contributed by atoms with Crippen molar-refractivity contribution >= 4 is 11.7 Å². The molecular formula is C16H22N6O. The zero-order chi connectivity index (χ0) is 16.2. The van der Waals surface area contributed by atoms with Gasteiger partial charge in [-0.2, -0.15) is 0 Å². The number of nitrogens with one attached hydrogen (secondary N) is 2. The first-order valence-corrected chi connectivity index (χ1v) is 7.84. The number of hydrogen-bond donors (Lipinski definition) is 2. The number of aryl methyl sites for hydroxylation is 1. The van der Waals surface area contributed by atoms with Gasteiger partial charge in [-0.15, -0.1) is 10.2 Å². The zero-order valence-electron chi connectivity index (χ0n) is 13.4. The Morgan fingerprint density at radius 3 is 2.83 bits per heavy atom. The maximum absolute atomic E-state index is 12.2. The molecule has 0 aliphatic carbocycles. The van der Waals surface area contributed by atoms with Crippen LogP contribution >= 0.6 is 0 Å². The maximum Gasteiger partial charge on any atom is 0.315 e. The number of amides is 2. The first-order chi connectivity index (χ1) is 11.1. The third-order valence-electron chi connectivity index (χ3n) is 4.13. The lowest BCUT2D eigenvalue weighted by atomic mass is 10.2. The van der Waals surface area contributed by atoms with Crippen LogP contribution in [0.3, 0.4) is 0 Å². The van der Waals surface area contributed by atoms with E-state index in [1.165, 1.54) is 5.69 Å². The number of rotatable bonds is 4. The van der Waals surface area contributed by atoms with Gasteiger partial charge in [-0.3, -0.25) is 0 Å². The molecule has 122 valence electrons. The molecule has 0 radical (unpaired) electrons. The van der Waals surface area contributed by atoms with E-state index in [2.05, 4.69) is 37.9 Å². The van der Waals surface area contributed by atoms with Crippen LogP contribution in [0.2, 0.25) is 0 Å². The van der Waals surface area contributed by atoms with Gasteiger partial charge in [0, 0.05) is 31.9 Å². The van der Waals surface area contributed by atoms with E-state index in [0.29, 0.717) is 0 Å². The molecule has 2 N–H and O–H groups in total. The minimum absolute atomic E-state index is 0.155. The second kappa shape index (κ2) is 6.68. The van der Waals surface area contributed by atoms with Crippen molar-refractivity contribution in [3.05, 3.63) is 42.5 Å². The van der Waals surface area contributed by atoms with E-state index in [0.717, 1.165) is 25.3 Å². The van der Waals surface area contributed by atoms with E-state index in [9.17, 15) is 4.79 Å². The van der Waals surface area contributed by atoms with Gasteiger partial charge in [-0.1, -0.05) is 18.2 Å². The van der Waals surface area contributed by atoms with Crippen molar-refractivity contribution in [3.8, 4) is 0 Å². The highest BCUT2D eigenvalue weighted by atomic mass is 16.2. The third kappa shape index (κ3) is 3.61. The Morgan fingerprint density at radius 2 is 2.13 bits per heavy atom. The van der Waals surface area contributed by atoms with Crippen molar-refractivity contribution in [2.24, 2.45) is 7.05 Å². The predicted molar refractivity (Wildman–Crippen MR) is 88.1 cm³/mol. The summed E-state index contributed by atoms with van der Waals surface area (Å²) >= 11 is 0. The van der Waals surface area contributed by atoms with Crippen LogP contribution < -0.4 is 15.5 Å². The molecule has 1 aliphatic rings. The Kier molecular flexibility index (Phi) is 4.45. The molecule has 2 heterocycles. The molecule has 0 bridgehead atoms. The van der Waals surface area contributed by atoms with E-state index in [1.807, 2.05) is 32.2 Å². The van der Waals surface area contributed by atoms with Crippen LogP contribution in [-0.2, 0) is 7.05 Å². The molecular weight excluding hydrogens is 292 g/mol. The van der Waals surface area contributed by atoms with Crippen LogP contribution in [0.15, 0.2) is 36.7 Å². The van der Waals surface area contributed by atoms with Crippen LogP contribution in [0.25, 0.3) is 0 Å². The van der Waals surface area contributed by atoms with E-state index >= 15 is 0 Å². The Morgan fingerprint density at radius 1 is 1.35 bits per heavy atom. The fraction of sp³-hybridized carbons (Fsp3) is 0.438. The highest BCUT2D eigenvalue weighted by molar-refractivity contribution is 5.74. The first kappa shape index (κ1) is 15.3. The molecule has 2 aromatic rings. The molecule has 2 atom stereocenters. The van der Waals surface area contributed by atoms with Gasteiger partial charge in [0.15, 0.2) is 5.82 Å². The maximum atomic E-state index is 12.2. The number of carbonyl (C=O) groups is 1. The summed E-state index contributed by atoms with van der Waals surface area (Å²) in [6, 6.07) is 10.1. The van der Waals surface area contributed by atoms with Crippen LogP contribution in [0.5, 0.6) is 0 Å². The smallest absolute Gasteiger partial charge is 0.315 e. The third-order valence-corrected chi connectivity index (χ3v) is 4.13. The van der Waals surface area contributed by atoms with Crippen LogP contribution in [0.4, 0.5) is 10.5 Å². The van der Waals surface area contributed by atoms with Crippen molar-refractivity contribution in [2.45, 2.75) is 25.4 Å². The van der Waals surface area contributed by atoms with E-state index < -0.39 is 0 Å². The lowest BCUT2D eigenvalue weighted by molar-refractivity contribution is 0.234.